The Hall–Kier alpha value is -0.130. The van der Waals surface area contributed by atoms with E-state index in [1.165, 1.54) is 0 Å². The molecule has 2 N–H and O–H groups in total. The topological polar surface area (TPSA) is 63.4 Å². The van der Waals surface area contributed by atoms with Crippen molar-refractivity contribution in [3.63, 3.8) is 0 Å². The van der Waals surface area contributed by atoms with Crippen molar-refractivity contribution in [2.75, 3.05) is 6.54 Å². The fraction of sp³-hybridized carbons (Fsp3) is 1.00. The van der Waals surface area contributed by atoms with Crippen LogP contribution in [0.25, 0.3) is 0 Å². The van der Waals surface area contributed by atoms with E-state index in [4.69, 9.17) is 5.73 Å². The maximum atomic E-state index is 12.2. The number of rotatable bonds is 4. The maximum absolute atomic E-state index is 12.2. The Labute approximate surface area is 98.2 Å². The monoisotopic (exact) mass is 246 g/mol. The van der Waals surface area contributed by atoms with Crippen LogP contribution in [0.3, 0.4) is 0 Å². The van der Waals surface area contributed by atoms with Crippen LogP contribution in [-0.4, -0.2) is 36.6 Å². The normalized spacial score (nSPS) is 31.9. The lowest BCUT2D eigenvalue weighted by Crippen LogP contribution is -2.45. The smallest absolute Gasteiger partial charge is 0.217 e. The lowest BCUT2D eigenvalue weighted by Gasteiger charge is -2.34. The second-order valence-corrected chi connectivity index (χ2v) is 7.18. The zero-order valence-corrected chi connectivity index (χ0v) is 10.7. The SMILES string of the molecule is CCN(C1CCC(N)CC1)S(=O)(=O)C1CC1. The quantitative estimate of drug-likeness (QED) is 0.807. The molecular formula is C11H22N2O2S. The predicted octanol–water partition coefficient (Wildman–Crippen LogP) is 1.07. The van der Waals surface area contributed by atoms with Gasteiger partial charge in [0.2, 0.25) is 10.0 Å². The van der Waals surface area contributed by atoms with Gasteiger partial charge in [0.25, 0.3) is 0 Å². The minimum atomic E-state index is -3.00. The van der Waals surface area contributed by atoms with Gasteiger partial charge in [-0.2, -0.15) is 4.31 Å². The van der Waals surface area contributed by atoms with Crippen molar-refractivity contribution in [1.29, 1.82) is 0 Å². The van der Waals surface area contributed by atoms with E-state index in [0.29, 0.717) is 6.54 Å². The van der Waals surface area contributed by atoms with Crippen molar-refractivity contribution in [2.24, 2.45) is 5.73 Å². The highest BCUT2D eigenvalue weighted by Gasteiger charge is 2.42. The van der Waals surface area contributed by atoms with Gasteiger partial charge in [0.15, 0.2) is 0 Å². The molecule has 0 radical (unpaired) electrons. The molecule has 4 nitrogen and oxygen atoms in total. The summed E-state index contributed by atoms with van der Waals surface area (Å²) in [5.41, 5.74) is 5.85. The molecule has 2 aliphatic rings. The van der Waals surface area contributed by atoms with Crippen molar-refractivity contribution < 1.29 is 8.42 Å². The third kappa shape index (κ3) is 2.41. The molecule has 2 aliphatic carbocycles. The fourth-order valence-electron chi connectivity index (χ4n) is 2.59. The molecule has 16 heavy (non-hydrogen) atoms. The van der Waals surface area contributed by atoms with Crippen molar-refractivity contribution in [3.05, 3.63) is 0 Å². The number of nitrogens with zero attached hydrogens (tertiary/aromatic N) is 1. The fourth-order valence-corrected chi connectivity index (χ4v) is 4.69. The molecule has 0 aliphatic heterocycles. The zero-order chi connectivity index (χ0) is 11.8. The van der Waals surface area contributed by atoms with Crippen LogP contribution in [0.4, 0.5) is 0 Å². The van der Waals surface area contributed by atoms with Crippen LogP contribution in [0, 0.1) is 0 Å². The van der Waals surface area contributed by atoms with Crippen molar-refractivity contribution >= 4 is 10.0 Å². The van der Waals surface area contributed by atoms with Crippen LogP contribution in [0.5, 0.6) is 0 Å². The third-order valence-corrected chi connectivity index (χ3v) is 6.26. The lowest BCUT2D eigenvalue weighted by molar-refractivity contribution is 0.247. The minimum absolute atomic E-state index is 0.0805. The average molecular weight is 246 g/mol. The molecule has 2 fully saturated rings. The zero-order valence-electron chi connectivity index (χ0n) is 9.93. The van der Waals surface area contributed by atoms with Crippen molar-refractivity contribution in [1.82, 2.24) is 4.31 Å². The summed E-state index contributed by atoms with van der Waals surface area (Å²) < 4.78 is 26.1. The lowest BCUT2D eigenvalue weighted by atomic mass is 9.92. The Morgan fingerprint density at radius 2 is 1.69 bits per heavy atom. The summed E-state index contributed by atoms with van der Waals surface area (Å²) in [5, 5.41) is -0.0805. The van der Waals surface area contributed by atoms with Crippen LogP contribution in [-0.2, 0) is 10.0 Å². The van der Waals surface area contributed by atoms with Gasteiger partial charge in [-0.1, -0.05) is 6.92 Å². The Morgan fingerprint density at radius 3 is 2.12 bits per heavy atom. The molecule has 0 saturated heterocycles. The highest BCUT2D eigenvalue weighted by Crippen LogP contribution is 2.34. The summed E-state index contributed by atoms with van der Waals surface area (Å²) in [5.74, 6) is 0. The average Bonchev–Trinajstić information content (AvgIpc) is 3.05. The largest absolute Gasteiger partial charge is 0.328 e. The van der Waals surface area contributed by atoms with Gasteiger partial charge < -0.3 is 5.73 Å². The highest BCUT2D eigenvalue weighted by molar-refractivity contribution is 7.90. The molecule has 94 valence electrons. The molecule has 5 heteroatoms. The molecule has 0 aromatic rings. The van der Waals surface area contributed by atoms with E-state index in [1.807, 2.05) is 6.92 Å². The molecule has 0 amide bonds. The molecule has 0 aromatic heterocycles. The molecular weight excluding hydrogens is 224 g/mol. The molecule has 0 atom stereocenters. The van der Waals surface area contributed by atoms with Gasteiger partial charge in [-0.05, 0) is 38.5 Å². The second-order valence-electron chi connectivity index (χ2n) is 5.02. The van der Waals surface area contributed by atoms with Gasteiger partial charge in [-0.3, -0.25) is 0 Å². The van der Waals surface area contributed by atoms with E-state index >= 15 is 0 Å². The van der Waals surface area contributed by atoms with Gasteiger partial charge in [0, 0.05) is 18.6 Å². The number of hydrogen-bond acceptors (Lipinski definition) is 3. The Balaban J connectivity index is 2.04. The van der Waals surface area contributed by atoms with Crippen LogP contribution >= 0.6 is 0 Å². The van der Waals surface area contributed by atoms with Gasteiger partial charge in [-0.15, -0.1) is 0 Å². The third-order valence-electron chi connectivity index (χ3n) is 3.73. The van der Waals surface area contributed by atoms with Crippen LogP contribution in [0.1, 0.15) is 45.4 Å². The second kappa shape index (κ2) is 4.63. The summed E-state index contributed by atoms with van der Waals surface area (Å²) in [6, 6.07) is 0.481. The van der Waals surface area contributed by atoms with Crippen molar-refractivity contribution in [3.8, 4) is 0 Å². The summed E-state index contributed by atoms with van der Waals surface area (Å²) in [6.07, 6.45) is 5.49. The first-order valence-corrected chi connectivity index (χ1v) is 7.82. The molecule has 0 spiro atoms. The summed E-state index contributed by atoms with van der Waals surface area (Å²) in [6.45, 7) is 2.55. The number of nitrogens with two attached hydrogens (primary N) is 1. The number of hydrogen-bond donors (Lipinski definition) is 1. The van der Waals surface area contributed by atoms with Gasteiger partial charge in [0.1, 0.15) is 0 Å². The first kappa shape index (κ1) is 12.3. The molecule has 0 unspecified atom stereocenters. The van der Waals surface area contributed by atoms with Crippen LogP contribution in [0.15, 0.2) is 0 Å². The standard InChI is InChI=1S/C11H22N2O2S/c1-2-13(16(14,15)11-7-8-11)10-5-3-9(12)4-6-10/h9-11H,2-8,12H2,1H3. The van der Waals surface area contributed by atoms with E-state index in [9.17, 15) is 8.42 Å². The van der Waals surface area contributed by atoms with E-state index < -0.39 is 10.0 Å². The molecule has 0 aromatic carbocycles. The Kier molecular flexibility index (Phi) is 3.56. The van der Waals surface area contributed by atoms with E-state index in [2.05, 4.69) is 0 Å². The summed E-state index contributed by atoms with van der Waals surface area (Å²) >= 11 is 0. The molecule has 2 saturated carbocycles. The summed E-state index contributed by atoms with van der Waals surface area (Å²) in [7, 11) is -3.00. The number of sulfonamides is 1. The first-order valence-electron chi connectivity index (χ1n) is 6.32. The van der Waals surface area contributed by atoms with E-state index in [1.54, 1.807) is 4.31 Å². The highest BCUT2D eigenvalue weighted by atomic mass is 32.2. The Morgan fingerprint density at radius 1 is 1.12 bits per heavy atom. The molecule has 0 bridgehead atoms. The Bertz CT molecular complexity index is 330. The van der Waals surface area contributed by atoms with Gasteiger partial charge >= 0.3 is 0 Å². The van der Waals surface area contributed by atoms with Crippen molar-refractivity contribution in [2.45, 2.75) is 62.8 Å². The van der Waals surface area contributed by atoms with Gasteiger partial charge in [-0.25, -0.2) is 8.42 Å². The van der Waals surface area contributed by atoms with Crippen LogP contribution < -0.4 is 5.73 Å². The maximum Gasteiger partial charge on any atom is 0.217 e. The van der Waals surface area contributed by atoms with E-state index in [-0.39, 0.29) is 17.3 Å². The first-order chi connectivity index (χ1) is 7.55. The van der Waals surface area contributed by atoms with Gasteiger partial charge in [0.05, 0.1) is 5.25 Å². The summed E-state index contributed by atoms with van der Waals surface area (Å²) in [4.78, 5) is 0. The van der Waals surface area contributed by atoms with Crippen LogP contribution in [0.2, 0.25) is 0 Å². The molecule has 0 heterocycles. The predicted molar refractivity (Wildman–Crippen MR) is 64.6 cm³/mol. The molecule has 2 rings (SSSR count). The van der Waals surface area contributed by atoms with E-state index in [0.717, 1.165) is 38.5 Å². The minimum Gasteiger partial charge on any atom is -0.328 e.